The number of rotatable bonds is 4. The van der Waals surface area contributed by atoms with Gasteiger partial charge in [-0.25, -0.2) is 0 Å². The lowest BCUT2D eigenvalue weighted by atomic mass is 10.1. The van der Waals surface area contributed by atoms with Crippen LogP contribution >= 0.6 is 11.8 Å². The quantitative estimate of drug-likeness (QED) is 0.767. The van der Waals surface area contributed by atoms with Crippen molar-refractivity contribution in [3.8, 4) is 0 Å². The van der Waals surface area contributed by atoms with Crippen LogP contribution in [0.3, 0.4) is 0 Å². The molecule has 2 N–H and O–H groups in total. The molecule has 90 valence electrons. The van der Waals surface area contributed by atoms with Gasteiger partial charge in [-0.1, -0.05) is 23.9 Å². The summed E-state index contributed by atoms with van der Waals surface area (Å²) in [5.74, 6) is 0. The van der Waals surface area contributed by atoms with E-state index in [1.54, 1.807) is 11.8 Å². The maximum atomic E-state index is 5.90. The van der Waals surface area contributed by atoms with Crippen molar-refractivity contribution in [1.29, 1.82) is 0 Å². The summed E-state index contributed by atoms with van der Waals surface area (Å²) in [5, 5.41) is 1.26. The van der Waals surface area contributed by atoms with E-state index in [1.807, 2.05) is 0 Å². The van der Waals surface area contributed by atoms with Crippen LogP contribution in [0.4, 0.5) is 0 Å². The van der Waals surface area contributed by atoms with Crippen LogP contribution in [0.25, 0.3) is 0 Å². The third-order valence-corrected chi connectivity index (χ3v) is 4.25. The fourth-order valence-corrected chi connectivity index (χ4v) is 3.36. The highest BCUT2D eigenvalue weighted by Crippen LogP contribution is 2.36. The van der Waals surface area contributed by atoms with Crippen molar-refractivity contribution in [1.82, 2.24) is 0 Å². The summed E-state index contributed by atoms with van der Waals surface area (Å²) in [6, 6.07) is 0.383. The van der Waals surface area contributed by atoms with Crippen LogP contribution in [0.2, 0.25) is 0 Å². The largest absolute Gasteiger partial charge is 0.360 e. The second kappa shape index (κ2) is 5.84. The molecule has 0 bridgehead atoms. The minimum Gasteiger partial charge on any atom is -0.360 e. The predicted molar refractivity (Wildman–Crippen MR) is 69.8 cm³/mol. The Balaban J connectivity index is 1.83. The van der Waals surface area contributed by atoms with Crippen LogP contribution in [-0.2, 0) is 4.74 Å². The lowest BCUT2D eigenvalue weighted by Crippen LogP contribution is -2.37. The van der Waals surface area contributed by atoms with Gasteiger partial charge in [0.2, 0.25) is 0 Å². The molecule has 0 aromatic rings. The third kappa shape index (κ3) is 2.87. The van der Waals surface area contributed by atoms with E-state index in [-0.39, 0.29) is 11.5 Å². The first-order valence-corrected chi connectivity index (χ1v) is 6.91. The van der Waals surface area contributed by atoms with Crippen molar-refractivity contribution >= 4 is 16.8 Å². The molecular formula is C12H20N2OS. The van der Waals surface area contributed by atoms with Crippen molar-refractivity contribution in [2.75, 3.05) is 6.54 Å². The highest BCUT2D eigenvalue weighted by Gasteiger charge is 2.36. The normalized spacial score (nSPS) is 34.1. The van der Waals surface area contributed by atoms with E-state index in [9.17, 15) is 0 Å². The molecule has 3 atom stereocenters. The zero-order valence-corrected chi connectivity index (χ0v) is 10.6. The van der Waals surface area contributed by atoms with Gasteiger partial charge in [-0.2, -0.15) is 0 Å². The SMILES string of the molecule is C/C=C/CCC1=NC2CCC(CN)OC2S1. The Bertz CT molecular complexity index is 291. The molecule has 0 aromatic heterocycles. The molecule has 1 fully saturated rings. The number of nitrogens with zero attached hydrogens (tertiary/aromatic N) is 1. The standard InChI is InChI=1S/C12H20N2OS/c1-2-3-4-5-11-14-10-7-6-9(8-13)15-12(10)16-11/h2-3,9-10,12H,4-8,13H2,1H3/b3-2+. The molecule has 2 aliphatic rings. The molecule has 16 heavy (non-hydrogen) atoms. The molecule has 4 heteroatoms. The molecular weight excluding hydrogens is 220 g/mol. The molecule has 1 saturated heterocycles. The van der Waals surface area contributed by atoms with Gasteiger partial charge in [0.05, 0.1) is 17.2 Å². The Labute approximate surface area is 102 Å². The molecule has 3 nitrogen and oxygen atoms in total. The highest BCUT2D eigenvalue weighted by atomic mass is 32.2. The summed E-state index contributed by atoms with van der Waals surface area (Å²) in [5.41, 5.74) is 5.88. The molecule has 0 aliphatic carbocycles. The number of allylic oxidation sites excluding steroid dienone is 2. The summed E-state index contributed by atoms with van der Waals surface area (Å²) in [7, 11) is 0. The number of aliphatic imine (C=N–C) groups is 1. The fraction of sp³-hybridized carbons (Fsp3) is 0.750. The molecule has 2 rings (SSSR count). The van der Waals surface area contributed by atoms with Gasteiger partial charge in [0.15, 0.2) is 0 Å². The Morgan fingerprint density at radius 2 is 2.44 bits per heavy atom. The Kier molecular flexibility index (Phi) is 4.44. The highest BCUT2D eigenvalue weighted by molar-refractivity contribution is 8.14. The summed E-state index contributed by atoms with van der Waals surface area (Å²) in [6.07, 6.45) is 8.86. The Morgan fingerprint density at radius 3 is 3.19 bits per heavy atom. The average Bonchev–Trinajstić information content (AvgIpc) is 2.70. The van der Waals surface area contributed by atoms with Crippen LogP contribution in [0.1, 0.15) is 32.6 Å². The minimum absolute atomic E-state index is 0.239. The van der Waals surface area contributed by atoms with Gasteiger partial charge in [-0.3, -0.25) is 4.99 Å². The van der Waals surface area contributed by atoms with E-state index < -0.39 is 0 Å². The van der Waals surface area contributed by atoms with Gasteiger partial charge in [0.1, 0.15) is 5.44 Å². The monoisotopic (exact) mass is 240 g/mol. The molecule has 2 aliphatic heterocycles. The second-order valence-corrected chi connectivity index (χ2v) is 5.43. The average molecular weight is 240 g/mol. The van der Waals surface area contributed by atoms with Crippen LogP contribution in [0, 0.1) is 0 Å². The van der Waals surface area contributed by atoms with Crippen molar-refractivity contribution in [3.63, 3.8) is 0 Å². The number of hydrogen-bond donors (Lipinski definition) is 1. The zero-order chi connectivity index (χ0) is 11.4. The lowest BCUT2D eigenvalue weighted by molar-refractivity contribution is -0.00632. The first-order chi connectivity index (χ1) is 7.83. The maximum Gasteiger partial charge on any atom is 0.131 e. The Morgan fingerprint density at radius 1 is 1.56 bits per heavy atom. The zero-order valence-electron chi connectivity index (χ0n) is 9.76. The summed E-state index contributed by atoms with van der Waals surface area (Å²) in [4.78, 5) is 4.73. The van der Waals surface area contributed by atoms with Crippen molar-refractivity contribution in [2.45, 2.75) is 50.2 Å². The van der Waals surface area contributed by atoms with Crippen LogP contribution in [0.15, 0.2) is 17.1 Å². The minimum atomic E-state index is 0.239. The van der Waals surface area contributed by atoms with Crippen LogP contribution in [-0.4, -0.2) is 29.2 Å². The van der Waals surface area contributed by atoms with E-state index >= 15 is 0 Å². The summed E-state index contributed by atoms with van der Waals surface area (Å²) >= 11 is 1.80. The smallest absolute Gasteiger partial charge is 0.131 e. The molecule has 3 unspecified atom stereocenters. The lowest BCUT2D eigenvalue weighted by Gasteiger charge is -2.29. The number of nitrogens with two attached hydrogens (primary N) is 1. The van der Waals surface area contributed by atoms with E-state index in [0.29, 0.717) is 12.6 Å². The molecule has 2 heterocycles. The third-order valence-electron chi connectivity index (χ3n) is 3.01. The number of fused-ring (bicyclic) bond motifs is 1. The summed E-state index contributed by atoms with van der Waals surface area (Å²) < 4.78 is 5.90. The van der Waals surface area contributed by atoms with E-state index in [1.165, 1.54) is 5.04 Å². The Hall–Kier alpha value is -0.320. The first kappa shape index (κ1) is 12.1. The summed E-state index contributed by atoms with van der Waals surface area (Å²) in [6.45, 7) is 2.69. The predicted octanol–water partition coefficient (Wildman–Crippen LogP) is 2.32. The van der Waals surface area contributed by atoms with Crippen LogP contribution < -0.4 is 5.73 Å². The number of ether oxygens (including phenoxy) is 1. The molecule has 0 spiro atoms. The number of thioether (sulfide) groups is 1. The van der Waals surface area contributed by atoms with Gasteiger partial charge in [0.25, 0.3) is 0 Å². The first-order valence-electron chi connectivity index (χ1n) is 6.03. The maximum absolute atomic E-state index is 5.90. The van der Waals surface area contributed by atoms with E-state index in [2.05, 4.69) is 19.1 Å². The van der Waals surface area contributed by atoms with Crippen molar-refractivity contribution in [3.05, 3.63) is 12.2 Å². The van der Waals surface area contributed by atoms with E-state index in [0.717, 1.165) is 25.7 Å². The second-order valence-electron chi connectivity index (χ2n) is 4.26. The van der Waals surface area contributed by atoms with Gasteiger partial charge in [-0.05, 0) is 32.6 Å². The van der Waals surface area contributed by atoms with Gasteiger partial charge < -0.3 is 10.5 Å². The fourth-order valence-electron chi connectivity index (χ4n) is 2.09. The van der Waals surface area contributed by atoms with Crippen molar-refractivity contribution in [2.24, 2.45) is 10.7 Å². The molecule has 0 amide bonds. The van der Waals surface area contributed by atoms with Gasteiger partial charge >= 0.3 is 0 Å². The molecule has 0 radical (unpaired) electrons. The van der Waals surface area contributed by atoms with Gasteiger partial charge in [-0.15, -0.1) is 0 Å². The van der Waals surface area contributed by atoms with Crippen LogP contribution in [0.5, 0.6) is 0 Å². The van der Waals surface area contributed by atoms with E-state index in [4.69, 9.17) is 15.5 Å². The van der Waals surface area contributed by atoms with Gasteiger partial charge in [0, 0.05) is 6.54 Å². The van der Waals surface area contributed by atoms with Crippen molar-refractivity contribution < 1.29 is 4.74 Å². The number of hydrogen-bond acceptors (Lipinski definition) is 4. The molecule has 0 aromatic carbocycles. The topological polar surface area (TPSA) is 47.6 Å². The molecule has 0 saturated carbocycles.